The Morgan fingerprint density at radius 1 is 1.14 bits per heavy atom. The fourth-order valence-corrected chi connectivity index (χ4v) is 4.58. The molecule has 1 aromatic carbocycles. The summed E-state index contributed by atoms with van der Waals surface area (Å²) in [5, 5.41) is 3.66. The van der Waals surface area contributed by atoms with Gasteiger partial charge in [0.05, 0.1) is 5.92 Å². The number of rotatable bonds is 2. The van der Waals surface area contributed by atoms with Gasteiger partial charge in [0, 0.05) is 25.2 Å². The Balaban J connectivity index is 1.50. The number of amides is 1. The van der Waals surface area contributed by atoms with Gasteiger partial charge >= 0.3 is 0 Å². The Labute approximate surface area is 126 Å². The lowest BCUT2D eigenvalue weighted by Crippen LogP contribution is -2.49. The number of fused-ring (bicyclic) bond motifs is 3. The Bertz CT molecular complexity index is 544. The van der Waals surface area contributed by atoms with E-state index < -0.39 is 0 Å². The number of carbonyl (C=O) groups is 1. The van der Waals surface area contributed by atoms with Gasteiger partial charge in [-0.15, -0.1) is 0 Å². The van der Waals surface area contributed by atoms with Crippen molar-refractivity contribution in [1.82, 2.24) is 10.2 Å². The number of hydrogen-bond acceptors (Lipinski definition) is 2. The van der Waals surface area contributed by atoms with E-state index in [0.29, 0.717) is 24.0 Å². The molecule has 2 aliphatic heterocycles. The molecule has 2 heterocycles. The monoisotopic (exact) mass is 284 g/mol. The van der Waals surface area contributed by atoms with Crippen molar-refractivity contribution in [2.45, 2.75) is 62.6 Å². The maximum Gasteiger partial charge on any atom is 0.230 e. The molecular weight excluding hydrogens is 260 g/mol. The normalized spacial score (nSPS) is 33.8. The molecule has 2 bridgehead atoms. The van der Waals surface area contributed by atoms with Gasteiger partial charge in [-0.1, -0.05) is 24.3 Å². The lowest BCUT2D eigenvalue weighted by molar-refractivity contribution is -0.134. The van der Waals surface area contributed by atoms with Crippen LogP contribution < -0.4 is 5.32 Å². The van der Waals surface area contributed by atoms with Crippen molar-refractivity contribution in [3.63, 3.8) is 0 Å². The highest BCUT2D eigenvalue weighted by Gasteiger charge is 2.39. The summed E-state index contributed by atoms with van der Waals surface area (Å²) in [6, 6.07) is 10.2. The highest BCUT2D eigenvalue weighted by molar-refractivity contribution is 5.85. The van der Waals surface area contributed by atoms with Crippen molar-refractivity contribution in [3.05, 3.63) is 35.4 Å². The smallest absolute Gasteiger partial charge is 0.230 e. The summed E-state index contributed by atoms with van der Waals surface area (Å²) in [4.78, 5) is 15.0. The summed E-state index contributed by atoms with van der Waals surface area (Å²) < 4.78 is 0. The maximum atomic E-state index is 12.9. The van der Waals surface area contributed by atoms with Crippen LogP contribution in [0.2, 0.25) is 0 Å². The number of piperidine rings is 1. The van der Waals surface area contributed by atoms with E-state index in [4.69, 9.17) is 0 Å². The van der Waals surface area contributed by atoms with Crippen molar-refractivity contribution < 1.29 is 4.79 Å². The number of nitrogens with one attached hydrogen (secondary N) is 1. The second kappa shape index (κ2) is 5.13. The number of hydrogen-bond donors (Lipinski definition) is 1. The van der Waals surface area contributed by atoms with E-state index >= 15 is 0 Å². The predicted octanol–water partition coefficient (Wildman–Crippen LogP) is 2.46. The van der Waals surface area contributed by atoms with Crippen LogP contribution in [-0.4, -0.2) is 36.0 Å². The minimum absolute atomic E-state index is 0.0961. The Morgan fingerprint density at radius 2 is 1.86 bits per heavy atom. The molecule has 0 spiro atoms. The largest absolute Gasteiger partial charge is 0.342 e. The lowest BCUT2D eigenvalue weighted by Gasteiger charge is -2.36. The lowest BCUT2D eigenvalue weighted by atomic mass is 9.95. The van der Waals surface area contributed by atoms with Crippen molar-refractivity contribution in [1.29, 1.82) is 0 Å². The summed E-state index contributed by atoms with van der Waals surface area (Å²) in [5.74, 6) is 0.435. The highest BCUT2D eigenvalue weighted by atomic mass is 16.2. The summed E-state index contributed by atoms with van der Waals surface area (Å²) in [7, 11) is 2.03. The zero-order valence-electron chi connectivity index (χ0n) is 12.7. The van der Waals surface area contributed by atoms with Gasteiger partial charge in [-0.05, 0) is 49.7 Å². The van der Waals surface area contributed by atoms with Gasteiger partial charge in [0.2, 0.25) is 5.91 Å². The molecule has 3 aliphatic rings. The summed E-state index contributed by atoms with van der Waals surface area (Å²) in [5.41, 5.74) is 2.64. The van der Waals surface area contributed by atoms with Gasteiger partial charge in [-0.3, -0.25) is 4.79 Å². The van der Waals surface area contributed by atoms with Crippen LogP contribution in [0.25, 0.3) is 0 Å². The van der Waals surface area contributed by atoms with Crippen LogP contribution >= 0.6 is 0 Å². The first kappa shape index (κ1) is 13.3. The molecule has 21 heavy (non-hydrogen) atoms. The van der Waals surface area contributed by atoms with Crippen LogP contribution in [0.5, 0.6) is 0 Å². The van der Waals surface area contributed by atoms with Gasteiger partial charge < -0.3 is 10.2 Å². The van der Waals surface area contributed by atoms with Crippen molar-refractivity contribution >= 4 is 5.91 Å². The zero-order valence-corrected chi connectivity index (χ0v) is 12.7. The SMILES string of the molecule is CN(C(=O)C1CCc2ccccc21)C1CC2CCC(C1)N2. The molecule has 1 aliphatic carbocycles. The van der Waals surface area contributed by atoms with E-state index in [-0.39, 0.29) is 5.92 Å². The van der Waals surface area contributed by atoms with E-state index in [1.807, 2.05) is 7.05 Å². The molecule has 0 saturated carbocycles. The molecule has 2 saturated heterocycles. The van der Waals surface area contributed by atoms with Crippen LogP contribution in [0, 0.1) is 0 Å². The second-order valence-corrected chi connectivity index (χ2v) is 7.00. The van der Waals surface area contributed by atoms with E-state index in [1.165, 1.54) is 24.0 Å². The molecular formula is C18H24N2O. The van der Waals surface area contributed by atoms with Gasteiger partial charge in [0.25, 0.3) is 0 Å². The molecule has 3 unspecified atom stereocenters. The minimum Gasteiger partial charge on any atom is -0.342 e. The first-order valence-electron chi connectivity index (χ1n) is 8.33. The highest BCUT2D eigenvalue weighted by Crippen LogP contribution is 2.36. The third-order valence-corrected chi connectivity index (χ3v) is 5.77. The van der Waals surface area contributed by atoms with Gasteiger partial charge in [0.15, 0.2) is 0 Å². The van der Waals surface area contributed by atoms with E-state index in [9.17, 15) is 4.79 Å². The average Bonchev–Trinajstić information content (AvgIpc) is 3.09. The summed E-state index contributed by atoms with van der Waals surface area (Å²) in [6.45, 7) is 0. The molecule has 112 valence electrons. The number of nitrogens with zero attached hydrogens (tertiary/aromatic N) is 1. The van der Waals surface area contributed by atoms with Gasteiger partial charge in [0.1, 0.15) is 0 Å². The fourth-order valence-electron chi connectivity index (χ4n) is 4.58. The van der Waals surface area contributed by atoms with Gasteiger partial charge in [-0.2, -0.15) is 0 Å². The third kappa shape index (κ3) is 2.28. The number of aryl methyl sites for hydroxylation is 1. The predicted molar refractivity (Wildman–Crippen MR) is 83.2 cm³/mol. The molecule has 0 radical (unpaired) electrons. The van der Waals surface area contributed by atoms with Crippen LogP contribution in [0.3, 0.4) is 0 Å². The summed E-state index contributed by atoms with van der Waals surface area (Å²) in [6.07, 6.45) is 6.88. The van der Waals surface area contributed by atoms with Crippen LogP contribution in [0.15, 0.2) is 24.3 Å². The Morgan fingerprint density at radius 3 is 2.62 bits per heavy atom. The number of carbonyl (C=O) groups excluding carboxylic acids is 1. The zero-order chi connectivity index (χ0) is 14.4. The molecule has 1 aromatic rings. The molecule has 1 N–H and O–H groups in total. The maximum absolute atomic E-state index is 12.9. The quantitative estimate of drug-likeness (QED) is 0.905. The minimum atomic E-state index is 0.0961. The van der Waals surface area contributed by atoms with E-state index in [0.717, 1.165) is 25.7 Å². The molecule has 1 amide bonds. The third-order valence-electron chi connectivity index (χ3n) is 5.77. The first-order valence-corrected chi connectivity index (χ1v) is 8.33. The van der Waals surface area contributed by atoms with Crippen molar-refractivity contribution in [2.75, 3.05) is 7.05 Å². The Kier molecular flexibility index (Phi) is 3.26. The fraction of sp³-hybridized carbons (Fsp3) is 0.611. The van der Waals surface area contributed by atoms with Crippen LogP contribution in [0.4, 0.5) is 0 Å². The van der Waals surface area contributed by atoms with Crippen LogP contribution in [0.1, 0.15) is 49.1 Å². The van der Waals surface area contributed by atoms with E-state index in [1.54, 1.807) is 0 Å². The number of benzene rings is 1. The Hall–Kier alpha value is -1.35. The second-order valence-electron chi connectivity index (χ2n) is 7.00. The standard InChI is InChI=1S/C18H24N2O/c1-20(15-10-13-7-8-14(11-15)19-13)18(21)17-9-6-12-4-2-3-5-16(12)17/h2-5,13-15,17,19H,6-11H2,1H3. The molecule has 2 fully saturated rings. The molecule has 3 nitrogen and oxygen atoms in total. The molecule has 3 atom stereocenters. The van der Waals surface area contributed by atoms with Crippen molar-refractivity contribution in [3.8, 4) is 0 Å². The van der Waals surface area contributed by atoms with Gasteiger partial charge in [-0.25, -0.2) is 0 Å². The van der Waals surface area contributed by atoms with Crippen LogP contribution in [-0.2, 0) is 11.2 Å². The summed E-state index contributed by atoms with van der Waals surface area (Å²) >= 11 is 0. The average molecular weight is 284 g/mol. The molecule has 3 heteroatoms. The van der Waals surface area contributed by atoms with Crippen molar-refractivity contribution in [2.24, 2.45) is 0 Å². The molecule has 4 rings (SSSR count). The first-order chi connectivity index (χ1) is 10.2. The molecule has 0 aromatic heterocycles. The topological polar surface area (TPSA) is 32.3 Å². The number of likely N-dealkylation sites (N-methyl/N-ethyl adjacent to an activating group) is 1. The van der Waals surface area contributed by atoms with E-state index in [2.05, 4.69) is 34.5 Å².